The second-order valence-electron chi connectivity index (χ2n) is 6.26. The molecule has 0 N–H and O–H groups in total. The minimum Gasteiger partial charge on any atom is -0.374 e. The van der Waals surface area contributed by atoms with E-state index in [0.29, 0.717) is 17.6 Å². The van der Waals surface area contributed by atoms with Gasteiger partial charge in [-0.25, -0.2) is 0 Å². The van der Waals surface area contributed by atoms with Crippen molar-refractivity contribution in [2.24, 2.45) is 11.8 Å². The molecule has 1 saturated carbocycles. The molecule has 1 spiro atoms. The third kappa shape index (κ3) is 2.62. The summed E-state index contributed by atoms with van der Waals surface area (Å²) in [5.74, 6) is 3.59. The van der Waals surface area contributed by atoms with Crippen LogP contribution in [0.5, 0.6) is 0 Å². The second-order valence-corrected chi connectivity index (χ2v) is 7.37. The number of rotatable bonds is 2. The van der Waals surface area contributed by atoms with Crippen molar-refractivity contribution in [3.8, 4) is 0 Å². The van der Waals surface area contributed by atoms with E-state index in [1.165, 1.54) is 25.0 Å². The molecule has 2 nitrogen and oxygen atoms in total. The molecule has 0 aromatic carbocycles. The van der Waals surface area contributed by atoms with Crippen LogP contribution in [-0.2, 0) is 9.53 Å². The molecule has 2 saturated heterocycles. The maximum absolute atomic E-state index is 12.6. The summed E-state index contributed by atoms with van der Waals surface area (Å²) in [6.45, 7) is 0.809. The maximum atomic E-state index is 12.6. The fourth-order valence-electron chi connectivity index (χ4n) is 3.85. The number of Topliss-reactive ketones (excluding diaryl/α,β-unsaturated/α-hetero) is 1. The molecular formula is C15H24O2S. The van der Waals surface area contributed by atoms with Gasteiger partial charge in [-0.3, -0.25) is 4.79 Å². The first-order valence-corrected chi connectivity index (χ1v) is 8.70. The minimum absolute atomic E-state index is 0.0674. The molecule has 3 aliphatic rings. The normalized spacial score (nSPS) is 38.1. The zero-order valence-electron chi connectivity index (χ0n) is 11.2. The molecule has 0 bridgehead atoms. The van der Waals surface area contributed by atoms with Gasteiger partial charge >= 0.3 is 0 Å². The summed E-state index contributed by atoms with van der Waals surface area (Å²) >= 11 is 1.99. The average molecular weight is 268 g/mol. The van der Waals surface area contributed by atoms with E-state index in [2.05, 4.69) is 0 Å². The van der Waals surface area contributed by atoms with Gasteiger partial charge < -0.3 is 4.74 Å². The lowest BCUT2D eigenvalue weighted by molar-refractivity contribution is -0.138. The van der Waals surface area contributed by atoms with Crippen molar-refractivity contribution in [3.05, 3.63) is 0 Å². The van der Waals surface area contributed by atoms with Crippen LogP contribution in [0.1, 0.15) is 51.4 Å². The smallest absolute Gasteiger partial charge is 0.139 e. The molecule has 102 valence electrons. The van der Waals surface area contributed by atoms with E-state index >= 15 is 0 Å². The van der Waals surface area contributed by atoms with Crippen LogP contribution in [0.25, 0.3) is 0 Å². The van der Waals surface area contributed by atoms with Gasteiger partial charge in [-0.15, -0.1) is 0 Å². The third-order valence-electron chi connectivity index (χ3n) is 4.97. The zero-order chi connectivity index (χ0) is 12.4. The number of hydrogen-bond acceptors (Lipinski definition) is 3. The van der Waals surface area contributed by atoms with Gasteiger partial charge in [0.2, 0.25) is 0 Å². The molecule has 2 aliphatic heterocycles. The number of ether oxygens (including phenoxy) is 1. The fraction of sp³-hybridized carbons (Fsp3) is 0.933. The van der Waals surface area contributed by atoms with Crippen LogP contribution in [0, 0.1) is 11.8 Å². The molecule has 3 heteroatoms. The molecule has 0 radical (unpaired) electrons. The lowest BCUT2D eigenvalue weighted by atomic mass is 9.75. The second kappa shape index (κ2) is 5.54. The molecule has 0 aromatic heterocycles. The highest BCUT2D eigenvalue weighted by molar-refractivity contribution is 7.99. The molecule has 3 fully saturated rings. The number of ketones is 1. The van der Waals surface area contributed by atoms with Crippen LogP contribution in [0.2, 0.25) is 0 Å². The quantitative estimate of drug-likeness (QED) is 0.767. The van der Waals surface area contributed by atoms with Crippen LogP contribution in [-0.4, -0.2) is 29.5 Å². The first kappa shape index (κ1) is 13.0. The molecule has 2 heterocycles. The average Bonchev–Trinajstić information content (AvgIpc) is 2.87. The maximum Gasteiger partial charge on any atom is 0.139 e. The van der Waals surface area contributed by atoms with E-state index in [9.17, 15) is 4.79 Å². The van der Waals surface area contributed by atoms with Crippen LogP contribution in [0.4, 0.5) is 0 Å². The molecule has 1 aliphatic carbocycles. The van der Waals surface area contributed by atoms with Crippen molar-refractivity contribution < 1.29 is 9.53 Å². The Morgan fingerprint density at radius 2 is 1.94 bits per heavy atom. The van der Waals surface area contributed by atoms with Crippen molar-refractivity contribution in [1.82, 2.24) is 0 Å². The predicted molar refractivity (Wildman–Crippen MR) is 74.9 cm³/mol. The van der Waals surface area contributed by atoms with Crippen LogP contribution >= 0.6 is 11.8 Å². The summed E-state index contributed by atoms with van der Waals surface area (Å²) < 4.78 is 6.02. The van der Waals surface area contributed by atoms with E-state index in [-0.39, 0.29) is 5.60 Å². The van der Waals surface area contributed by atoms with Gasteiger partial charge in [0.1, 0.15) is 5.78 Å². The van der Waals surface area contributed by atoms with Gasteiger partial charge in [-0.05, 0) is 37.9 Å². The Kier molecular flexibility index (Phi) is 4.00. The summed E-state index contributed by atoms with van der Waals surface area (Å²) in [7, 11) is 0. The Bertz CT molecular complexity index is 304. The molecule has 2 unspecified atom stereocenters. The SMILES string of the molecule is O=C(C1CCCCC1)C1CCOC2(CCSC2)C1. The lowest BCUT2D eigenvalue weighted by Gasteiger charge is -2.38. The van der Waals surface area contributed by atoms with Crippen molar-refractivity contribution in [1.29, 1.82) is 0 Å². The van der Waals surface area contributed by atoms with E-state index in [1.54, 1.807) is 0 Å². The summed E-state index contributed by atoms with van der Waals surface area (Å²) in [5.41, 5.74) is 0.0674. The first-order valence-electron chi connectivity index (χ1n) is 7.55. The number of carbonyl (C=O) groups is 1. The largest absolute Gasteiger partial charge is 0.374 e. The standard InChI is InChI=1S/C15H24O2S/c16-14(12-4-2-1-3-5-12)13-6-8-17-15(10-13)7-9-18-11-15/h12-13H,1-11H2. The van der Waals surface area contributed by atoms with Gasteiger partial charge in [0.15, 0.2) is 0 Å². The summed E-state index contributed by atoms with van der Waals surface area (Å²) in [6.07, 6.45) is 9.30. The third-order valence-corrected chi connectivity index (χ3v) is 6.19. The molecule has 0 aromatic rings. The topological polar surface area (TPSA) is 26.3 Å². The van der Waals surface area contributed by atoms with E-state index in [0.717, 1.165) is 44.5 Å². The Hall–Kier alpha value is -0.0200. The van der Waals surface area contributed by atoms with Gasteiger partial charge in [0, 0.05) is 24.2 Å². The lowest BCUT2D eigenvalue weighted by Crippen LogP contribution is -2.43. The summed E-state index contributed by atoms with van der Waals surface area (Å²) in [6, 6.07) is 0. The number of carbonyl (C=O) groups excluding carboxylic acids is 1. The van der Waals surface area contributed by atoms with Crippen LogP contribution in [0.15, 0.2) is 0 Å². The predicted octanol–water partition coefficient (Wildman–Crippen LogP) is 3.44. The van der Waals surface area contributed by atoms with Crippen molar-refractivity contribution in [2.75, 3.05) is 18.1 Å². The Morgan fingerprint density at radius 1 is 1.11 bits per heavy atom. The van der Waals surface area contributed by atoms with Gasteiger partial charge in [0.05, 0.1) is 5.60 Å². The molecular weight excluding hydrogens is 244 g/mol. The van der Waals surface area contributed by atoms with Crippen LogP contribution < -0.4 is 0 Å². The highest BCUT2D eigenvalue weighted by Gasteiger charge is 2.43. The zero-order valence-corrected chi connectivity index (χ0v) is 12.0. The number of thioether (sulfide) groups is 1. The van der Waals surface area contributed by atoms with Gasteiger partial charge in [-0.1, -0.05) is 19.3 Å². The number of hydrogen-bond donors (Lipinski definition) is 0. The highest BCUT2D eigenvalue weighted by atomic mass is 32.2. The van der Waals surface area contributed by atoms with Gasteiger partial charge in [0.25, 0.3) is 0 Å². The Morgan fingerprint density at radius 3 is 2.67 bits per heavy atom. The Labute approximate surface area is 114 Å². The monoisotopic (exact) mass is 268 g/mol. The Balaban J connectivity index is 1.62. The molecule has 2 atom stereocenters. The summed E-state index contributed by atoms with van der Waals surface area (Å²) in [4.78, 5) is 12.6. The van der Waals surface area contributed by atoms with Crippen LogP contribution in [0.3, 0.4) is 0 Å². The van der Waals surface area contributed by atoms with Crippen molar-refractivity contribution in [2.45, 2.75) is 57.0 Å². The molecule has 18 heavy (non-hydrogen) atoms. The van der Waals surface area contributed by atoms with Gasteiger partial charge in [-0.2, -0.15) is 11.8 Å². The minimum atomic E-state index is 0.0674. The molecule has 3 rings (SSSR count). The van der Waals surface area contributed by atoms with E-state index in [1.807, 2.05) is 11.8 Å². The molecule has 0 amide bonds. The van der Waals surface area contributed by atoms with Crippen molar-refractivity contribution in [3.63, 3.8) is 0 Å². The summed E-state index contributed by atoms with van der Waals surface area (Å²) in [5, 5.41) is 0. The van der Waals surface area contributed by atoms with Crippen molar-refractivity contribution >= 4 is 17.5 Å². The highest BCUT2D eigenvalue weighted by Crippen LogP contribution is 2.42. The van der Waals surface area contributed by atoms with E-state index in [4.69, 9.17) is 4.74 Å². The fourth-order valence-corrected chi connectivity index (χ4v) is 5.23. The first-order chi connectivity index (χ1) is 8.79. The van der Waals surface area contributed by atoms with E-state index < -0.39 is 0 Å².